The van der Waals surface area contributed by atoms with Gasteiger partial charge in [-0.3, -0.25) is 0 Å². The zero-order valence-corrected chi connectivity index (χ0v) is 10.3. The number of imidazole rings is 1. The summed E-state index contributed by atoms with van der Waals surface area (Å²) in [6.45, 7) is 1.04. The van der Waals surface area contributed by atoms with E-state index in [1.807, 2.05) is 0 Å². The molecule has 0 bridgehead atoms. The molecule has 1 saturated carbocycles. The zero-order valence-electron chi connectivity index (χ0n) is 9.51. The molecular formula is C12H18ClN3. The Morgan fingerprint density at radius 3 is 2.88 bits per heavy atom. The molecule has 2 aliphatic rings. The number of halogens is 1. The smallest absolute Gasteiger partial charge is 0.132 e. The van der Waals surface area contributed by atoms with Crippen LogP contribution in [0.5, 0.6) is 0 Å². The van der Waals surface area contributed by atoms with Crippen LogP contribution in [-0.2, 0) is 19.4 Å². The number of hydrogen-bond acceptors (Lipinski definition) is 2. The quantitative estimate of drug-likeness (QED) is 0.880. The number of aryl methyl sites for hydroxylation is 2. The molecule has 2 N–H and O–H groups in total. The Kier molecular flexibility index (Phi) is 2.48. The van der Waals surface area contributed by atoms with E-state index in [4.69, 9.17) is 17.3 Å². The molecule has 4 heteroatoms. The molecule has 0 unspecified atom stereocenters. The van der Waals surface area contributed by atoms with Crippen molar-refractivity contribution < 1.29 is 0 Å². The van der Waals surface area contributed by atoms with Crippen molar-refractivity contribution in [3.8, 4) is 0 Å². The van der Waals surface area contributed by atoms with Gasteiger partial charge in [-0.2, -0.15) is 0 Å². The number of hydrogen-bond donors (Lipinski definition) is 1. The Hall–Kier alpha value is -0.540. The van der Waals surface area contributed by atoms with E-state index in [2.05, 4.69) is 9.55 Å². The van der Waals surface area contributed by atoms with Crippen LogP contribution in [0.25, 0.3) is 0 Å². The Balaban J connectivity index is 1.76. The molecule has 16 heavy (non-hydrogen) atoms. The van der Waals surface area contributed by atoms with Crippen LogP contribution < -0.4 is 5.73 Å². The summed E-state index contributed by atoms with van der Waals surface area (Å²) >= 11 is 6.35. The Morgan fingerprint density at radius 2 is 2.19 bits per heavy atom. The highest BCUT2D eigenvalue weighted by atomic mass is 35.5. The summed E-state index contributed by atoms with van der Waals surface area (Å²) in [6, 6.07) is 0. The van der Waals surface area contributed by atoms with Crippen LogP contribution in [0.3, 0.4) is 0 Å². The Labute approximate surface area is 101 Å². The maximum Gasteiger partial charge on any atom is 0.132 e. The number of fused-ring (bicyclic) bond motifs is 1. The lowest BCUT2D eigenvalue weighted by Crippen LogP contribution is -2.22. The summed E-state index contributed by atoms with van der Waals surface area (Å²) in [5.41, 5.74) is 7.26. The molecule has 88 valence electrons. The van der Waals surface area contributed by atoms with Gasteiger partial charge < -0.3 is 10.3 Å². The first-order valence-electron chi connectivity index (χ1n) is 6.21. The molecule has 0 spiro atoms. The maximum absolute atomic E-state index is 6.35. The van der Waals surface area contributed by atoms with Crippen molar-refractivity contribution in [3.63, 3.8) is 0 Å². The average molecular weight is 240 g/mol. The van der Waals surface area contributed by atoms with Gasteiger partial charge in [0.15, 0.2) is 0 Å². The average Bonchev–Trinajstić information content (AvgIpc) is 2.94. The lowest BCUT2D eigenvalue weighted by Gasteiger charge is -2.13. The van der Waals surface area contributed by atoms with Crippen LogP contribution in [0.15, 0.2) is 0 Å². The molecule has 1 aliphatic carbocycles. The lowest BCUT2D eigenvalue weighted by molar-refractivity contribution is 0.523. The maximum atomic E-state index is 6.35. The normalized spacial score (nSPS) is 21.9. The van der Waals surface area contributed by atoms with Crippen molar-refractivity contribution in [1.29, 1.82) is 0 Å². The molecule has 0 aromatic carbocycles. The summed E-state index contributed by atoms with van der Waals surface area (Å²) in [4.78, 5) is 4.66. The van der Waals surface area contributed by atoms with Gasteiger partial charge in [0.1, 0.15) is 11.0 Å². The first kappa shape index (κ1) is 10.6. The van der Waals surface area contributed by atoms with Gasteiger partial charge in [-0.15, -0.1) is 0 Å². The zero-order chi connectivity index (χ0) is 11.2. The van der Waals surface area contributed by atoms with Crippen molar-refractivity contribution >= 4 is 11.6 Å². The highest BCUT2D eigenvalue weighted by Crippen LogP contribution is 2.37. The minimum Gasteiger partial charge on any atom is -0.325 e. The first-order chi connectivity index (χ1) is 7.68. The van der Waals surface area contributed by atoms with Gasteiger partial charge in [0.25, 0.3) is 0 Å². The predicted octanol–water partition coefficient (Wildman–Crippen LogP) is 2.30. The standard InChI is InChI=1S/C12H18ClN3/c13-11-9(4-5-12(14)6-7-12)15-10-3-1-2-8-16(10)11/h1-8,14H2. The summed E-state index contributed by atoms with van der Waals surface area (Å²) in [7, 11) is 0. The molecule has 0 atom stereocenters. The number of nitrogens with two attached hydrogens (primary N) is 1. The largest absolute Gasteiger partial charge is 0.325 e. The molecule has 0 amide bonds. The second-order valence-electron chi connectivity index (χ2n) is 5.24. The first-order valence-corrected chi connectivity index (χ1v) is 6.58. The molecule has 0 radical (unpaired) electrons. The Morgan fingerprint density at radius 1 is 1.38 bits per heavy atom. The van der Waals surface area contributed by atoms with Crippen molar-refractivity contribution in [1.82, 2.24) is 9.55 Å². The van der Waals surface area contributed by atoms with Crippen LogP contribution in [-0.4, -0.2) is 15.1 Å². The monoisotopic (exact) mass is 239 g/mol. The van der Waals surface area contributed by atoms with Crippen molar-refractivity contribution in [2.45, 2.75) is 57.0 Å². The molecule has 0 saturated heterocycles. The Bertz CT molecular complexity index is 407. The van der Waals surface area contributed by atoms with Crippen LogP contribution in [0.2, 0.25) is 5.15 Å². The summed E-state index contributed by atoms with van der Waals surface area (Å²) < 4.78 is 2.18. The second kappa shape index (κ2) is 3.74. The highest BCUT2D eigenvalue weighted by molar-refractivity contribution is 6.30. The third-order valence-corrected chi connectivity index (χ3v) is 4.26. The molecular weight excluding hydrogens is 222 g/mol. The summed E-state index contributed by atoms with van der Waals surface area (Å²) in [5.74, 6) is 1.17. The minimum atomic E-state index is 0.105. The lowest BCUT2D eigenvalue weighted by atomic mass is 10.1. The molecule has 3 rings (SSSR count). The van der Waals surface area contributed by atoms with Gasteiger partial charge in [-0.25, -0.2) is 4.98 Å². The van der Waals surface area contributed by atoms with Gasteiger partial charge in [0.2, 0.25) is 0 Å². The van der Waals surface area contributed by atoms with Gasteiger partial charge in [0.05, 0.1) is 5.69 Å². The van der Waals surface area contributed by atoms with Crippen molar-refractivity contribution in [2.75, 3.05) is 0 Å². The van der Waals surface area contributed by atoms with Crippen molar-refractivity contribution in [2.24, 2.45) is 5.73 Å². The van der Waals surface area contributed by atoms with E-state index < -0.39 is 0 Å². The van der Waals surface area contributed by atoms with Crippen LogP contribution in [0, 0.1) is 0 Å². The van der Waals surface area contributed by atoms with Crippen molar-refractivity contribution in [3.05, 3.63) is 16.7 Å². The van der Waals surface area contributed by atoms with Gasteiger partial charge in [0, 0.05) is 18.5 Å². The molecule has 1 aliphatic heterocycles. The predicted molar refractivity (Wildman–Crippen MR) is 64.6 cm³/mol. The third-order valence-electron chi connectivity index (χ3n) is 3.83. The van der Waals surface area contributed by atoms with E-state index in [0.717, 1.165) is 49.5 Å². The van der Waals surface area contributed by atoms with E-state index >= 15 is 0 Å². The second-order valence-corrected chi connectivity index (χ2v) is 5.59. The van der Waals surface area contributed by atoms with Crippen LogP contribution in [0.4, 0.5) is 0 Å². The van der Waals surface area contributed by atoms with E-state index in [-0.39, 0.29) is 5.54 Å². The molecule has 2 heterocycles. The molecule has 3 nitrogen and oxygen atoms in total. The fourth-order valence-electron chi connectivity index (χ4n) is 2.44. The fraction of sp³-hybridized carbons (Fsp3) is 0.750. The SMILES string of the molecule is NC1(CCc2nc3n(c2Cl)CCCC3)CC1. The van der Waals surface area contributed by atoms with Gasteiger partial charge in [-0.05, 0) is 38.5 Å². The van der Waals surface area contributed by atoms with E-state index in [1.165, 1.54) is 18.7 Å². The molecule has 1 aromatic rings. The number of nitrogens with zero attached hydrogens (tertiary/aromatic N) is 2. The van der Waals surface area contributed by atoms with E-state index in [1.54, 1.807) is 0 Å². The summed E-state index contributed by atoms with van der Waals surface area (Å²) in [5, 5.41) is 0.860. The van der Waals surface area contributed by atoms with Gasteiger partial charge in [-0.1, -0.05) is 11.6 Å². The van der Waals surface area contributed by atoms with E-state index in [9.17, 15) is 0 Å². The fourth-order valence-corrected chi connectivity index (χ4v) is 2.76. The van der Waals surface area contributed by atoms with Gasteiger partial charge >= 0.3 is 0 Å². The van der Waals surface area contributed by atoms with Crippen LogP contribution in [0.1, 0.15) is 43.6 Å². The molecule has 1 fully saturated rings. The minimum absolute atomic E-state index is 0.105. The third kappa shape index (κ3) is 1.87. The number of rotatable bonds is 3. The number of aromatic nitrogens is 2. The summed E-state index contributed by atoms with van der Waals surface area (Å²) in [6.07, 6.45) is 7.85. The van der Waals surface area contributed by atoms with Crippen LogP contribution >= 0.6 is 11.6 Å². The highest BCUT2D eigenvalue weighted by Gasteiger charge is 2.37. The molecule has 1 aromatic heterocycles. The van der Waals surface area contributed by atoms with E-state index in [0.29, 0.717) is 0 Å². The topological polar surface area (TPSA) is 43.8 Å².